The zero-order valence-electron chi connectivity index (χ0n) is 11.9. The highest BCUT2D eigenvalue weighted by Crippen LogP contribution is 2.32. The first-order valence-electron chi connectivity index (χ1n) is 7.03. The summed E-state index contributed by atoms with van der Waals surface area (Å²) in [7, 11) is 1.73. The van der Waals surface area contributed by atoms with E-state index in [9.17, 15) is 4.79 Å². The van der Waals surface area contributed by atoms with E-state index in [0.717, 1.165) is 35.4 Å². The number of hydrogen-bond acceptors (Lipinski definition) is 6. The fourth-order valence-corrected chi connectivity index (χ4v) is 3.52. The first-order chi connectivity index (χ1) is 10.2. The molecule has 1 aliphatic rings. The van der Waals surface area contributed by atoms with Crippen LogP contribution in [0.25, 0.3) is 10.2 Å². The van der Waals surface area contributed by atoms with E-state index in [1.165, 1.54) is 0 Å². The molecule has 0 radical (unpaired) electrons. The number of aliphatic hydroxyl groups excluding tert-OH is 1. The minimum absolute atomic E-state index is 0.0166. The van der Waals surface area contributed by atoms with Crippen LogP contribution >= 0.6 is 11.3 Å². The third kappa shape index (κ3) is 2.58. The number of carbonyl (C=O) groups is 1. The Morgan fingerprint density at radius 1 is 1.57 bits per heavy atom. The molecule has 1 unspecified atom stereocenters. The Morgan fingerprint density at radius 3 is 3.24 bits per heavy atom. The second-order valence-corrected chi connectivity index (χ2v) is 6.07. The van der Waals surface area contributed by atoms with Gasteiger partial charge in [-0.25, -0.2) is 9.97 Å². The first kappa shape index (κ1) is 14.2. The number of amides is 1. The summed E-state index contributed by atoms with van der Waals surface area (Å²) >= 11 is 1.58. The molecule has 21 heavy (non-hydrogen) atoms. The summed E-state index contributed by atoms with van der Waals surface area (Å²) in [5.41, 5.74) is 0. The molecule has 1 fully saturated rings. The maximum absolute atomic E-state index is 12.5. The minimum atomic E-state index is -0.195. The summed E-state index contributed by atoms with van der Waals surface area (Å²) in [5.74, 6) is 0.887. The van der Waals surface area contributed by atoms with Gasteiger partial charge in [0, 0.05) is 20.1 Å². The summed E-state index contributed by atoms with van der Waals surface area (Å²) in [5, 5.41) is 12.0. The number of thiophene rings is 1. The Morgan fingerprint density at radius 2 is 2.43 bits per heavy atom. The van der Waals surface area contributed by atoms with Gasteiger partial charge < -0.3 is 14.9 Å². The third-order valence-electron chi connectivity index (χ3n) is 3.86. The van der Waals surface area contributed by atoms with Crippen LogP contribution in [0, 0.1) is 0 Å². The number of aromatic nitrogens is 2. The van der Waals surface area contributed by atoms with Crippen molar-refractivity contribution in [1.82, 2.24) is 14.9 Å². The summed E-state index contributed by atoms with van der Waals surface area (Å²) in [6.45, 7) is 1.17. The van der Waals surface area contributed by atoms with E-state index in [2.05, 4.69) is 14.9 Å². The van der Waals surface area contributed by atoms with Gasteiger partial charge in [-0.1, -0.05) is 0 Å². The standard InChI is InChI=1S/C14H18N4O2S/c1-17(6-7-19)14(20)11-3-2-5-18(11)12-10-4-8-21-13(10)16-9-15-12/h4,8-9,11,19H,2-3,5-7H2,1H3. The summed E-state index contributed by atoms with van der Waals surface area (Å²) in [6.07, 6.45) is 3.36. The molecule has 1 saturated heterocycles. The van der Waals surface area contributed by atoms with E-state index >= 15 is 0 Å². The van der Waals surface area contributed by atoms with E-state index in [1.807, 2.05) is 11.4 Å². The molecule has 0 bridgehead atoms. The number of anilines is 1. The van der Waals surface area contributed by atoms with E-state index < -0.39 is 0 Å². The van der Waals surface area contributed by atoms with Crippen LogP contribution < -0.4 is 4.90 Å². The average molecular weight is 306 g/mol. The Balaban J connectivity index is 1.90. The molecule has 0 aliphatic carbocycles. The Bertz CT molecular complexity index is 645. The Kier molecular flexibility index (Phi) is 4.03. The number of fused-ring (bicyclic) bond motifs is 1. The van der Waals surface area contributed by atoms with Crippen molar-refractivity contribution in [2.45, 2.75) is 18.9 Å². The molecule has 112 valence electrons. The molecular formula is C14H18N4O2S. The quantitative estimate of drug-likeness (QED) is 0.916. The van der Waals surface area contributed by atoms with Crippen molar-refractivity contribution in [3.8, 4) is 0 Å². The van der Waals surface area contributed by atoms with Crippen molar-refractivity contribution in [2.24, 2.45) is 0 Å². The van der Waals surface area contributed by atoms with E-state index in [0.29, 0.717) is 6.54 Å². The van der Waals surface area contributed by atoms with Gasteiger partial charge in [0.2, 0.25) is 5.91 Å². The van der Waals surface area contributed by atoms with Gasteiger partial charge in [-0.2, -0.15) is 0 Å². The van der Waals surface area contributed by atoms with Crippen molar-refractivity contribution in [3.63, 3.8) is 0 Å². The average Bonchev–Trinajstić information content (AvgIpc) is 3.15. The maximum atomic E-state index is 12.5. The Hall–Kier alpha value is -1.73. The zero-order chi connectivity index (χ0) is 14.8. The van der Waals surface area contributed by atoms with Gasteiger partial charge in [0.25, 0.3) is 0 Å². The van der Waals surface area contributed by atoms with Crippen LogP contribution in [0.2, 0.25) is 0 Å². The molecule has 7 heteroatoms. The molecule has 1 aliphatic heterocycles. The fourth-order valence-electron chi connectivity index (χ4n) is 2.80. The van der Waals surface area contributed by atoms with Crippen molar-refractivity contribution < 1.29 is 9.90 Å². The monoisotopic (exact) mass is 306 g/mol. The third-order valence-corrected chi connectivity index (χ3v) is 4.68. The van der Waals surface area contributed by atoms with Crippen molar-refractivity contribution >= 4 is 33.3 Å². The van der Waals surface area contributed by atoms with Crippen LogP contribution in [0.1, 0.15) is 12.8 Å². The largest absolute Gasteiger partial charge is 0.395 e. The molecule has 0 aromatic carbocycles. The highest BCUT2D eigenvalue weighted by molar-refractivity contribution is 7.16. The minimum Gasteiger partial charge on any atom is -0.395 e. The van der Waals surface area contributed by atoms with Crippen LogP contribution in [0.5, 0.6) is 0 Å². The predicted molar refractivity (Wildman–Crippen MR) is 82.5 cm³/mol. The van der Waals surface area contributed by atoms with Gasteiger partial charge in [0.1, 0.15) is 23.0 Å². The van der Waals surface area contributed by atoms with Gasteiger partial charge in [-0.15, -0.1) is 11.3 Å². The first-order valence-corrected chi connectivity index (χ1v) is 7.91. The molecule has 3 heterocycles. The lowest BCUT2D eigenvalue weighted by molar-refractivity contribution is -0.131. The number of likely N-dealkylation sites (N-methyl/N-ethyl adjacent to an activating group) is 1. The summed E-state index contributed by atoms with van der Waals surface area (Å²) in [6, 6.07) is 1.81. The van der Waals surface area contributed by atoms with Gasteiger partial charge in [0.15, 0.2) is 0 Å². The maximum Gasteiger partial charge on any atom is 0.245 e. The lowest BCUT2D eigenvalue weighted by Crippen LogP contribution is -2.45. The van der Waals surface area contributed by atoms with Gasteiger partial charge in [-0.05, 0) is 24.3 Å². The van der Waals surface area contributed by atoms with Crippen molar-refractivity contribution in [1.29, 1.82) is 0 Å². The van der Waals surface area contributed by atoms with Crippen LogP contribution in [0.4, 0.5) is 5.82 Å². The number of carbonyl (C=O) groups excluding carboxylic acids is 1. The van der Waals surface area contributed by atoms with E-state index in [-0.39, 0.29) is 18.6 Å². The fraction of sp³-hybridized carbons (Fsp3) is 0.500. The van der Waals surface area contributed by atoms with Gasteiger partial charge >= 0.3 is 0 Å². The molecule has 0 saturated carbocycles. The molecule has 0 spiro atoms. The van der Waals surface area contributed by atoms with Crippen LogP contribution in [0.15, 0.2) is 17.8 Å². The van der Waals surface area contributed by atoms with Crippen LogP contribution in [-0.2, 0) is 4.79 Å². The van der Waals surface area contributed by atoms with E-state index in [4.69, 9.17) is 5.11 Å². The lowest BCUT2D eigenvalue weighted by Gasteiger charge is -2.28. The molecule has 1 N–H and O–H groups in total. The second-order valence-electron chi connectivity index (χ2n) is 5.17. The summed E-state index contributed by atoms with van der Waals surface area (Å²) < 4.78 is 0. The molecule has 2 aromatic rings. The highest BCUT2D eigenvalue weighted by Gasteiger charge is 2.34. The lowest BCUT2D eigenvalue weighted by atomic mass is 10.2. The smallest absolute Gasteiger partial charge is 0.245 e. The molecule has 3 rings (SSSR count). The molecular weight excluding hydrogens is 288 g/mol. The van der Waals surface area contributed by atoms with Crippen LogP contribution in [-0.4, -0.2) is 58.7 Å². The molecule has 2 aromatic heterocycles. The molecule has 1 atom stereocenters. The second kappa shape index (κ2) is 5.95. The van der Waals surface area contributed by atoms with Gasteiger partial charge in [-0.3, -0.25) is 4.79 Å². The Labute approximate surface area is 127 Å². The number of rotatable bonds is 4. The van der Waals surface area contributed by atoms with E-state index in [1.54, 1.807) is 29.6 Å². The highest BCUT2D eigenvalue weighted by atomic mass is 32.1. The predicted octanol–water partition coefficient (Wildman–Crippen LogP) is 1.11. The van der Waals surface area contributed by atoms with Gasteiger partial charge in [0.05, 0.1) is 12.0 Å². The normalized spacial score (nSPS) is 18.4. The molecule has 1 amide bonds. The topological polar surface area (TPSA) is 69.6 Å². The number of aliphatic hydroxyl groups is 1. The molecule has 6 nitrogen and oxygen atoms in total. The number of nitrogens with zero attached hydrogens (tertiary/aromatic N) is 4. The van der Waals surface area contributed by atoms with Crippen LogP contribution in [0.3, 0.4) is 0 Å². The summed E-state index contributed by atoms with van der Waals surface area (Å²) in [4.78, 5) is 25.8. The zero-order valence-corrected chi connectivity index (χ0v) is 12.7. The van der Waals surface area contributed by atoms with Crippen molar-refractivity contribution in [3.05, 3.63) is 17.8 Å². The SMILES string of the molecule is CN(CCO)C(=O)C1CCCN1c1ncnc2sccc12. The van der Waals surface area contributed by atoms with Crippen molar-refractivity contribution in [2.75, 3.05) is 31.6 Å². The number of hydrogen-bond donors (Lipinski definition) is 1.